The lowest BCUT2D eigenvalue weighted by atomic mass is 10.4. The van der Waals surface area contributed by atoms with E-state index in [4.69, 9.17) is 5.73 Å². The van der Waals surface area contributed by atoms with E-state index in [1.54, 1.807) is 24.3 Å². The van der Waals surface area contributed by atoms with Crippen LogP contribution in [0, 0.1) is 0 Å². The number of aryl methyl sites for hydroxylation is 1. The topological polar surface area (TPSA) is 69.6 Å². The quantitative estimate of drug-likeness (QED) is 0.785. The molecule has 15 heavy (non-hydrogen) atoms. The molecule has 0 aromatic carbocycles. The van der Waals surface area contributed by atoms with Crippen LogP contribution in [0.1, 0.15) is 5.82 Å². The maximum atomic E-state index is 5.54. The maximum absolute atomic E-state index is 5.54. The number of pyridine rings is 1. The Morgan fingerprint density at radius 3 is 2.93 bits per heavy atom. The minimum atomic E-state index is 0.679. The Labute approximate surface area is 91.7 Å². The Morgan fingerprint density at radius 1 is 1.47 bits per heavy atom. The maximum Gasteiger partial charge on any atom is 0.142 e. The standard InChI is InChI=1S/C9H11N5S/c1-14-6-12-13-8(14)5-15-9-3-2-7(10)4-11-9/h2-4,6H,5,10H2,1H3. The first-order valence-electron chi connectivity index (χ1n) is 4.43. The van der Waals surface area contributed by atoms with E-state index in [1.807, 2.05) is 23.7 Å². The molecule has 2 rings (SSSR count). The van der Waals surface area contributed by atoms with E-state index in [-0.39, 0.29) is 0 Å². The van der Waals surface area contributed by atoms with Gasteiger partial charge in [0.2, 0.25) is 0 Å². The summed E-state index contributed by atoms with van der Waals surface area (Å²) in [7, 11) is 1.92. The Bertz CT molecular complexity index is 436. The molecule has 0 aliphatic heterocycles. The molecule has 0 saturated heterocycles. The van der Waals surface area contributed by atoms with Gasteiger partial charge < -0.3 is 10.3 Å². The number of rotatable bonds is 3. The third kappa shape index (κ3) is 2.47. The van der Waals surface area contributed by atoms with E-state index in [0.29, 0.717) is 5.69 Å². The highest BCUT2D eigenvalue weighted by Gasteiger charge is 2.02. The molecule has 0 saturated carbocycles. The summed E-state index contributed by atoms with van der Waals surface area (Å²) < 4.78 is 1.89. The molecule has 0 radical (unpaired) electrons. The van der Waals surface area contributed by atoms with Crippen LogP contribution in [-0.2, 0) is 12.8 Å². The van der Waals surface area contributed by atoms with Gasteiger partial charge in [-0.1, -0.05) is 11.8 Å². The largest absolute Gasteiger partial charge is 0.397 e. The number of nitrogens with two attached hydrogens (primary N) is 1. The van der Waals surface area contributed by atoms with Crippen molar-refractivity contribution in [2.24, 2.45) is 7.05 Å². The van der Waals surface area contributed by atoms with Crippen molar-refractivity contribution in [3.63, 3.8) is 0 Å². The van der Waals surface area contributed by atoms with Crippen LogP contribution < -0.4 is 5.73 Å². The van der Waals surface area contributed by atoms with Gasteiger partial charge in [0.1, 0.15) is 12.2 Å². The molecular formula is C9H11N5S. The lowest BCUT2D eigenvalue weighted by molar-refractivity contribution is 0.848. The average Bonchev–Trinajstić information content (AvgIpc) is 2.63. The van der Waals surface area contributed by atoms with Gasteiger partial charge in [0.15, 0.2) is 0 Å². The molecular weight excluding hydrogens is 210 g/mol. The van der Waals surface area contributed by atoms with Gasteiger partial charge in [-0.15, -0.1) is 10.2 Å². The van der Waals surface area contributed by atoms with E-state index in [0.717, 1.165) is 16.6 Å². The minimum absolute atomic E-state index is 0.679. The van der Waals surface area contributed by atoms with Crippen LogP contribution in [0.4, 0.5) is 5.69 Å². The van der Waals surface area contributed by atoms with Crippen LogP contribution in [-0.4, -0.2) is 19.7 Å². The number of aromatic nitrogens is 4. The van der Waals surface area contributed by atoms with E-state index in [2.05, 4.69) is 15.2 Å². The third-order valence-electron chi connectivity index (χ3n) is 1.91. The molecule has 2 aromatic heterocycles. The normalized spacial score (nSPS) is 10.5. The Hall–Kier alpha value is -1.56. The second-order valence-electron chi connectivity index (χ2n) is 3.08. The van der Waals surface area contributed by atoms with Crippen LogP contribution in [0.5, 0.6) is 0 Å². The van der Waals surface area contributed by atoms with Crippen molar-refractivity contribution in [1.82, 2.24) is 19.7 Å². The highest BCUT2D eigenvalue weighted by molar-refractivity contribution is 7.98. The first kappa shape index (κ1) is 9.97. The summed E-state index contributed by atoms with van der Waals surface area (Å²) in [5.74, 6) is 1.69. The molecule has 0 fully saturated rings. The third-order valence-corrected chi connectivity index (χ3v) is 2.85. The van der Waals surface area contributed by atoms with Gasteiger partial charge >= 0.3 is 0 Å². The predicted molar refractivity (Wildman–Crippen MR) is 59.2 cm³/mol. The summed E-state index contributed by atoms with van der Waals surface area (Å²) in [5, 5.41) is 8.73. The van der Waals surface area contributed by atoms with Crippen LogP contribution in [0.15, 0.2) is 29.7 Å². The molecule has 0 aliphatic rings. The van der Waals surface area contributed by atoms with Crippen molar-refractivity contribution in [3.8, 4) is 0 Å². The van der Waals surface area contributed by atoms with Crippen molar-refractivity contribution >= 4 is 17.4 Å². The van der Waals surface area contributed by atoms with Crippen molar-refractivity contribution < 1.29 is 0 Å². The molecule has 2 heterocycles. The molecule has 0 amide bonds. The number of thioether (sulfide) groups is 1. The number of hydrogen-bond acceptors (Lipinski definition) is 5. The lowest BCUT2D eigenvalue weighted by Crippen LogP contribution is -1.95. The molecule has 6 heteroatoms. The van der Waals surface area contributed by atoms with Gasteiger partial charge in [-0.2, -0.15) is 0 Å². The summed E-state index contributed by atoms with van der Waals surface area (Å²) in [4.78, 5) is 4.19. The van der Waals surface area contributed by atoms with Crippen molar-refractivity contribution in [1.29, 1.82) is 0 Å². The van der Waals surface area contributed by atoms with E-state index in [9.17, 15) is 0 Å². The molecule has 5 nitrogen and oxygen atoms in total. The van der Waals surface area contributed by atoms with Gasteiger partial charge in [-0.3, -0.25) is 0 Å². The summed E-state index contributed by atoms with van der Waals surface area (Å²) in [6, 6.07) is 3.74. The number of anilines is 1. The fraction of sp³-hybridized carbons (Fsp3) is 0.222. The van der Waals surface area contributed by atoms with Gasteiger partial charge in [0, 0.05) is 7.05 Å². The SMILES string of the molecule is Cn1cnnc1CSc1ccc(N)cn1. The zero-order valence-electron chi connectivity index (χ0n) is 8.29. The molecule has 0 atom stereocenters. The second kappa shape index (κ2) is 4.31. The monoisotopic (exact) mass is 221 g/mol. The fourth-order valence-electron chi connectivity index (χ4n) is 1.05. The molecule has 0 spiro atoms. The summed E-state index contributed by atoms with van der Waals surface area (Å²) in [6.07, 6.45) is 3.34. The highest BCUT2D eigenvalue weighted by atomic mass is 32.2. The summed E-state index contributed by atoms with van der Waals surface area (Å²) >= 11 is 1.61. The van der Waals surface area contributed by atoms with Crippen LogP contribution in [0.2, 0.25) is 0 Å². The van der Waals surface area contributed by atoms with E-state index in [1.165, 1.54) is 0 Å². The molecule has 0 bridgehead atoms. The predicted octanol–water partition coefficient (Wildman–Crippen LogP) is 1.08. The number of hydrogen-bond donors (Lipinski definition) is 1. The van der Waals surface area contributed by atoms with E-state index >= 15 is 0 Å². The zero-order chi connectivity index (χ0) is 10.7. The first-order valence-corrected chi connectivity index (χ1v) is 5.41. The summed E-state index contributed by atoms with van der Waals surface area (Å²) in [5.41, 5.74) is 6.22. The zero-order valence-corrected chi connectivity index (χ0v) is 9.11. The Balaban J connectivity index is 1.99. The molecule has 78 valence electrons. The Morgan fingerprint density at radius 2 is 2.33 bits per heavy atom. The van der Waals surface area contributed by atoms with Gasteiger partial charge in [-0.05, 0) is 12.1 Å². The summed E-state index contributed by atoms with van der Waals surface area (Å²) in [6.45, 7) is 0. The van der Waals surface area contributed by atoms with Crippen molar-refractivity contribution in [3.05, 3.63) is 30.5 Å². The number of nitrogen functional groups attached to an aromatic ring is 1. The van der Waals surface area contributed by atoms with Gasteiger partial charge in [-0.25, -0.2) is 4.98 Å². The molecule has 0 aliphatic carbocycles. The van der Waals surface area contributed by atoms with Crippen LogP contribution >= 0.6 is 11.8 Å². The van der Waals surface area contributed by atoms with Crippen molar-refractivity contribution in [2.75, 3.05) is 5.73 Å². The van der Waals surface area contributed by atoms with Gasteiger partial charge in [0.05, 0.1) is 22.7 Å². The fourth-order valence-corrected chi connectivity index (χ4v) is 1.88. The van der Waals surface area contributed by atoms with Crippen LogP contribution in [0.3, 0.4) is 0 Å². The first-order chi connectivity index (χ1) is 7.25. The van der Waals surface area contributed by atoms with Gasteiger partial charge in [0.25, 0.3) is 0 Å². The highest BCUT2D eigenvalue weighted by Crippen LogP contribution is 2.19. The van der Waals surface area contributed by atoms with Crippen LogP contribution in [0.25, 0.3) is 0 Å². The molecule has 2 N–H and O–H groups in total. The molecule has 2 aromatic rings. The number of nitrogens with zero attached hydrogens (tertiary/aromatic N) is 4. The lowest BCUT2D eigenvalue weighted by Gasteiger charge is -2.00. The average molecular weight is 221 g/mol. The Kier molecular flexibility index (Phi) is 2.86. The smallest absolute Gasteiger partial charge is 0.142 e. The van der Waals surface area contributed by atoms with Crippen molar-refractivity contribution in [2.45, 2.75) is 10.8 Å². The van der Waals surface area contributed by atoms with E-state index < -0.39 is 0 Å². The second-order valence-corrected chi connectivity index (χ2v) is 4.07. The minimum Gasteiger partial charge on any atom is -0.397 e. The molecule has 0 unspecified atom stereocenters.